The van der Waals surface area contributed by atoms with Crippen LogP contribution in [0.2, 0.25) is 10.0 Å². The summed E-state index contributed by atoms with van der Waals surface area (Å²) in [7, 11) is -3.78. The van der Waals surface area contributed by atoms with Crippen molar-refractivity contribution >= 4 is 56.4 Å². The van der Waals surface area contributed by atoms with Crippen molar-refractivity contribution in [2.24, 2.45) is 0 Å². The lowest BCUT2D eigenvalue weighted by Gasteiger charge is -2.34. The number of halogens is 2. The zero-order valence-corrected chi connectivity index (χ0v) is 19.2. The van der Waals surface area contributed by atoms with E-state index in [-0.39, 0.29) is 46.3 Å². The highest BCUT2D eigenvalue weighted by Gasteiger charge is 2.31. The summed E-state index contributed by atoms with van der Waals surface area (Å²) in [4.78, 5) is 25.9. The van der Waals surface area contributed by atoms with Gasteiger partial charge in [-0.2, -0.15) is 15.6 Å². The van der Waals surface area contributed by atoms with Gasteiger partial charge in [-0.1, -0.05) is 23.2 Å². The number of amides is 2. The number of thiophene rings is 1. The number of rotatable bonds is 7. The number of benzene rings is 1. The first-order chi connectivity index (χ1) is 14.3. The smallest absolute Gasteiger partial charge is 0.252 e. The third-order valence-electron chi connectivity index (χ3n) is 4.74. The van der Waals surface area contributed by atoms with Crippen molar-refractivity contribution in [2.75, 3.05) is 32.7 Å². The van der Waals surface area contributed by atoms with Crippen LogP contribution in [0, 0.1) is 0 Å². The molecule has 0 unspecified atom stereocenters. The van der Waals surface area contributed by atoms with Gasteiger partial charge in [-0.05, 0) is 36.1 Å². The summed E-state index contributed by atoms with van der Waals surface area (Å²) < 4.78 is 27.0. The Hall–Kier alpha value is -1.65. The number of nitrogens with one attached hydrogen (secondary N) is 1. The largest absolute Gasteiger partial charge is 0.352 e. The molecule has 0 radical (unpaired) electrons. The van der Waals surface area contributed by atoms with E-state index in [2.05, 4.69) is 5.32 Å². The van der Waals surface area contributed by atoms with Crippen molar-refractivity contribution in [3.8, 4) is 0 Å². The fourth-order valence-corrected chi connectivity index (χ4v) is 5.88. The van der Waals surface area contributed by atoms with E-state index in [4.69, 9.17) is 23.2 Å². The number of carbonyl (C=O) groups excluding carboxylic acids is 2. The second kappa shape index (κ2) is 10.1. The Kier molecular flexibility index (Phi) is 7.75. The van der Waals surface area contributed by atoms with Crippen molar-refractivity contribution in [2.45, 2.75) is 17.7 Å². The molecule has 0 atom stereocenters. The molecule has 11 heteroatoms. The molecular weight excluding hydrogens is 469 g/mol. The van der Waals surface area contributed by atoms with Gasteiger partial charge in [-0.15, -0.1) is 0 Å². The molecule has 0 bridgehead atoms. The van der Waals surface area contributed by atoms with Crippen LogP contribution in [-0.2, 0) is 14.8 Å². The third-order valence-corrected chi connectivity index (χ3v) is 8.04. The van der Waals surface area contributed by atoms with Crippen molar-refractivity contribution < 1.29 is 18.0 Å². The zero-order chi connectivity index (χ0) is 21.7. The highest BCUT2D eigenvalue weighted by molar-refractivity contribution is 7.89. The highest BCUT2D eigenvalue weighted by Crippen LogP contribution is 2.28. The maximum atomic E-state index is 12.8. The second-order valence-corrected chi connectivity index (χ2v) is 10.3. The predicted molar refractivity (Wildman–Crippen MR) is 118 cm³/mol. The molecule has 2 amide bonds. The molecule has 2 aromatic rings. The molecule has 0 spiro atoms. The minimum Gasteiger partial charge on any atom is -0.352 e. The van der Waals surface area contributed by atoms with Crippen LogP contribution >= 0.6 is 34.5 Å². The average Bonchev–Trinajstić information content (AvgIpc) is 3.27. The maximum Gasteiger partial charge on any atom is 0.252 e. The van der Waals surface area contributed by atoms with Crippen LogP contribution in [-0.4, -0.2) is 62.2 Å². The van der Waals surface area contributed by atoms with Crippen LogP contribution < -0.4 is 5.32 Å². The van der Waals surface area contributed by atoms with E-state index in [1.807, 2.05) is 5.38 Å². The minimum atomic E-state index is -3.78. The quantitative estimate of drug-likeness (QED) is 0.605. The molecule has 1 aromatic heterocycles. The number of carbonyl (C=O) groups is 2. The summed E-state index contributed by atoms with van der Waals surface area (Å²) in [5.74, 6) is -0.209. The van der Waals surface area contributed by atoms with E-state index in [1.165, 1.54) is 33.8 Å². The van der Waals surface area contributed by atoms with Gasteiger partial charge in [0.1, 0.15) is 4.90 Å². The van der Waals surface area contributed by atoms with E-state index >= 15 is 0 Å². The summed E-state index contributed by atoms with van der Waals surface area (Å²) in [6.45, 7) is 1.38. The lowest BCUT2D eigenvalue weighted by molar-refractivity contribution is -0.132. The predicted octanol–water partition coefficient (Wildman–Crippen LogP) is 3.10. The molecule has 30 heavy (non-hydrogen) atoms. The van der Waals surface area contributed by atoms with Gasteiger partial charge in [-0.25, -0.2) is 8.42 Å². The molecule has 0 saturated carbocycles. The molecule has 7 nitrogen and oxygen atoms in total. The fourth-order valence-electron chi connectivity index (χ4n) is 3.09. The number of piperazine rings is 1. The Morgan fingerprint density at radius 1 is 1.10 bits per heavy atom. The van der Waals surface area contributed by atoms with Crippen molar-refractivity contribution in [3.63, 3.8) is 0 Å². The Bertz CT molecular complexity index is 1000. The summed E-state index contributed by atoms with van der Waals surface area (Å²) in [5.41, 5.74) is 0.614. The van der Waals surface area contributed by atoms with Crippen LogP contribution in [0.3, 0.4) is 0 Å². The molecule has 2 heterocycles. The van der Waals surface area contributed by atoms with Gasteiger partial charge in [-0.3, -0.25) is 9.59 Å². The molecule has 1 aliphatic heterocycles. The summed E-state index contributed by atoms with van der Waals surface area (Å²) in [6.07, 6.45) is 0.808. The number of nitrogens with zero attached hydrogens (tertiary/aromatic N) is 2. The molecule has 1 aliphatic rings. The summed E-state index contributed by atoms with van der Waals surface area (Å²) in [6, 6.07) is 6.06. The van der Waals surface area contributed by atoms with E-state index in [0.29, 0.717) is 31.6 Å². The van der Waals surface area contributed by atoms with Crippen LogP contribution in [0.1, 0.15) is 23.2 Å². The number of hydrogen-bond donors (Lipinski definition) is 1. The van der Waals surface area contributed by atoms with Gasteiger partial charge in [0.15, 0.2) is 0 Å². The zero-order valence-electron chi connectivity index (χ0n) is 16.0. The molecule has 1 aromatic carbocycles. The Balaban J connectivity index is 1.46. The number of sulfonamides is 1. The van der Waals surface area contributed by atoms with Crippen molar-refractivity contribution in [3.05, 3.63) is 50.6 Å². The van der Waals surface area contributed by atoms with Gasteiger partial charge in [0.05, 0.1) is 5.02 Å². The van der Waals surface area contributed by atoms with Gasteiger partial charge in [0.25, 0.3) is 5.91 Å². The normalized spacial score (nSPS) is 15.2. The first-order valence-corrected chi connectivity index (χ1v) is 12.5. The van der Waals surface area contributed by atoms with Crippen LogP contribution in [0.5, 0.6) is 0 Å². The lowest BCUT2D eigenvalue weighted by Crippen LogP contribution is -2.50. The monoisotopic (exact) mass is 489 g/mol. The number of hydrogen-bond acceptors (Lipinski definition) is 5. The molecular formula is C19H21Cl2N3O4S2. The molecule has 162 valence electrons. The highest BCUT2D eigenvalue weighted by atomic mass is 35.5. The Morgan fingerprint density at radius 2 is 1.83 bits per heavy atom. The van der Waals surface area contributed by atoms with Crippen LogP contribution in [0.4, 0.5) is 0 Å². The second-order valence-electron chi connectivity index (χ2n) is 6.73. The Morgan fingerprint density at radius 3 is 2.50 bits per heavy atom. The molecule has 1 N–H and O–H groups in total. The van der Waals surface area contributed by atoms with Crippen molar-refractivity contribution in [1.29, 1.82) is 0 Å². The first-order valence-electron chi connectivity index (χ1n) is 9.32. The van der Waals surface area contributed by atoms with Crippen molar-refractivity contribution in [1.82, 2.24) is 14.5 Å². The maximum absolute atomic E-state index is 12.8. The van der Waals surface area contributed by atoms with Gasteiger partial charge in [0.2, 0.25) is 15.9 Å². The fraction of sp³-hybridized carbons (Fsp3) is 0.368. The van der Waals surface area contributed by atoms with Crippen LogP contribution in [0.25, 0.3) is 0 Å². The van der Waals surface area contributed by atoms with E-state index < -0.39 is 10.0 Å². The van der Waals surface area contributed by atoms with Gasteiger partial charge in [0, 0.05) is 55.1 Å². The van der Waals surface area contributed by atoms with Gasteiger partial charge >= 0.3 is 0 Å². The summed E-state index contributed by atoms with van der Waals surface area (Å²) in [5, 5.41) is 6.79. The lowest BCUT2D eigenvalue weighted by atomic mass is 10.2. The molecule has 1 fully saturated rings. The third kappa shape index (κ3) is 5.53. The standard InChI is InChI=1S/C19H21Cl2N3O4S2/c20-15-3-4-16(21)17(12-15)30(27,28)24-9-7-23(8-10-24)18(25)2-1-6-22-19(26)14-5-11-29-13-14/h3-5,11-13H,1-2,6-10H2,(H,22,26). The minimum absolute atomic E-state index is 0.0298. The molecule has 0 aliphatic carbocycles. The van der Waals surface area contributed by atoms with Crippen LogP contribution in [0.15, 0.2) is 39.9 Å². The summed E-state index contributed by atoms with van der Waals surface area (Å²) >= 11 is 13.4. The van der Waals surface area contributed by atoms with E-state index in [9.17, 15) is 18.0 Å². The van der Waals surface area contributed by atoms with E-state index in [0.717, 1.165) is 0 Å². The average molecular weight is 490 g/mol. The molecule has 1 saturated heterocycles. The first kappa shape index (κ1) is 23.0. The van der Waals surface area contributed by atoms with E-state index in [1.54, 1.807) is 16.3 Å². The van der Waals surface area contributed by atoms with Gasteiger partial charge < -0.3 is 10.2 Å². The topological polar surface area (TPSA) is 86.8 Å². The SMILES string of the molecule is O=C(NCCCC(=O)N1CCN(S(=O)(=O)c2cc(Cl)ccc2Cl)CC1)c1ccsc1. The molecule has 3 rings (SSSR count). The Labute approximate surface area is 189 Å².